The third-order valence-corrected chi connectivity index (χ3v) is 6.59. The number of nitrogens with zero attached hydrogens (tertiary/aromatic N) is 1. The molecule has 0 aliphatic rings. The van der Waals surface area contributed by atoms with Crippen molar-refractivity contribution in [1.29, 1.82) is 0 Å². The summed E-state index contributed by atoms with van der Waals surface area (Å²) in [6.45, 7) is 7.37. The molecule has 9 nitrogen and oxygen atoms in total. The Balaban J connectivity index is 2.31. The molecule has 2 rings (SSSR count). The molecule has 9 heteroatoms. The second-order valence-electron chi connectivity index (χ2n) is 9.64. The van der Waals surface area contributed by atoms with Gasteiger partial charge in [0, 0.05) is 13.5 Å². The van der Waals surface area contributed by atoms with E-state index in [1.807, 2.05) is 44.2 Å². The first kappa shape index (κ1) is 29.5. The van der Waals surface area contributed by atoms with E-state index in [1.165, 1.54) is 17.0 Å². The Morgan fingerprint density at radius 1 is 0.946 bits per heavy atom. The van der Waals surface area contributed by atoms with Crippen molar-refractivity contribution >= 4 is 29.4 Å². The van der Waals surface area contributed by atoms with Crippen LogP contribution in [0, 0.1) is 11.8 Å². The van der Waals surface area contributed by atoms with Crippen molar-refractivity contribution in [3.05, 3.63) is 65.7 Å². The lowest BCUT2D eigenvalue weighted by Gasteiger charge is -2.32. The molecule has 0 heterocycles. The number of aromatic carboxylic acids is 1. The number of hydrogen-bond acceptors (Lipinski definition) is 5. The number of likely N-dealkylation sites (N-methyl/N-ethyl adjacent to an activating group) is 1. The molecule has 0 fully saturated rings. The summed E-state index contributed by atoms with van der Waals surface area (Å²) in [6.07, 6.45) is 0.945. The van der Waals surface area contributed by atoms with E-state index in [9.17, 15) is 24.3 Å². The Morgan fingerprint density at radius 3 is 2.11 bits per heavy atom. The SMILES string of the molecule is CC[C@@H](C)[C@H](N)C(=O)N(C)[C@H](Cc1ccccc1)C(=O)N[C@H](C(=O)Nc1ccccc1C(=O)O)C(C)C. The topological polar surface area (TPSA) is 142 Å². The van der Waals surface area contributed by atoms with Crippen LogP contribution in [-0.4, -0.2) is 58.9 Å². The number of rotatable bonds is 12. The Labute approximate surface area is 218 Å². The number of para-hydroxylation sites is 1. The molecule has 3 amide bonds. The summed E-state index contributed by atoms with van der Waals surface area (Å²) < 4.78 is 0. The molecular weight excluding hydrogens is 472 g/mol. The lowest BCUT2D eigenvalue weighted by Crippen LogP contribution is -2.58. The fourth-order valence-corrected chi connectivity index (χ4v) is 3.90. The van der Waals surface area contributed by atoms with E-state index in [2.05, 4.69) is 10.6 Å². The molecule has 37 heavy (non-hydrogen) atoms. The lowest BCUT2D eigenvalue weighted by atomic mass is 9.96. The molecule has 5 N–H and O–H groups in total. The quantitative estimate of drug-likeness (QED) is 0.346. The molecule has 0 spiro atoms. The predicted molar refractivity (Wildman–Crippen MR) is 143 cm³/mol. The monoisotopic (exact) mass is 510 g/mol. The number of anilines is 1. The van der Waals surface area contributed by atoms with Crippen molar-refractivity contribution in [1.82, 2.24) is 10.2 Å². The average Bonchev–Trinajstić information content (AvgIpc) is 2.88. The number of carbonyl (C=O) groups excluding carboxylic acids is 3. The van der Waals surface area contributed by atoms with Gasteiger partial charge in [-0.2, -0.15) is 0 Å². The van der Waals surface area contributed by atoms with Crippen LogP contribution in [-0.2, 0) is 20.8 Å². The summed E-state index contributed by atoms with van der Waals surface area (Å²) in [4.78, 5) is 52.8. The number of benzene rings is 2. The summed E-state index contributed by atoms with van der Waals surface area (Å²) in [6, 6.07) is 12.7. The van der Waals surface area contributed by atoms with E-state index >= 15 is 0 Å². The Morgan fingerprint density at radius 2 is 1.54 bits per heavy atom. The fourth-order valence-electron chi connectivity index (χ4n) is 3.90. The Hall–Kier alpha value is -3.72. The maximum absolute atomic E-state index is 13.6. The van der Waals surface area contributed by atoms with E-state index in [0.29, 0.717) is 6.42 Å². The summed E-state index contributed by atoms with van der Waals surface area (Å²) in [5.74, 6) is -2.98. The van der Waals surface area contributed by atoms with Gasteiger partial charge in [0.05, 0.1) is 17.3 Å². The Kier molecular flexibility index (Phi) is 10.8. The second-order valence-corrected chi connectivity index (χ2v) is 9.64. The highest BCUT2D eigenvalue weighted by Crippen LogP contribution is 2.18. The zero-order valence-corrected chi connectivity index (χ0v) is 22.1. The first-order valence-corrected chi connectivity index (χ1v) is 12.5. The van der Waals surface area contributed by atoms with Crippen LogP contribution in [0.3, 0.4) is 0 Å². The highest BCUT2D eigenvalue weighted by Gasteiger charge is 2.34. The first-order chi connectivity index (χ1) is 17.5. The molecule has 0 aliphatic carbocycles. The van der Waals surface area contributed by atoms with E-state index in [1.54, 1.807) is 33.0 Å². The van der Waals surface area contributed by atoms with Crippen LogP contribution < -0.4 is 16.4 Å². The number of nitrogens with one attached hydrogen (secondary N) is 2. The van der Waals surface area contributed by atoms with Gasteiger partial charge in [-0.25, -0.2) is 4.79 Å². The van der Waals surface area contributed by atoms with Gasteiger partial charge in [0.1, 0.15) is 12.1 Å². The zero-order valence-electron chi connectivity index (χ0n) is 22.1. The molecule has 2 aromatic carbocycles. The van der Waals surface area contributed by atoms with Crippen molar-refractivity contribution in [2.24, 2.45) is 17.6 Å². The minimum Gasteiger partial charge on any atom is -0.478 e. The second kappa shape index (κ2) is 13.5. The number of carboxylic acids is 1. The number of hydrogen-bond donors (Lipinski definition) is 4. The predicted octanol–water partition coefficient (Wildman–Crippen LogP) is 2.91. The van der Waals surface area contributed by atoms with Crippen LogP contribution in [0.15, 0.2) is 54.6 Å². The van der Waals surface area contributed by atoms with E-state index in [4.69, 9.17) is 5.73 Å². The average molecular weight is 511 g/mol. The van der Waals surface area contributed by atoms with Crippen LogP contribution in [0.5, 0.6) is 0 Å². The van der Waals surface area contributed by atoms with Crippen molar-refractivity contribution in [3.63, 3.8) is 0 Å². The number of carboxylic acid groups (broad SMARTS) is 1. The maximum Gasteiger partial charge on any atom is 0.337 e. The van der Waals surface area contributed by atoms with Gasteiger partial charge >= 0.3 is 5.97 Å². The van der Waals surface area contributed by atoms with Crippen LogP contribution >= 0.6 is 0 Å². The molecular formula is C28H38N4O5. The van der Waals surface area contributed by atoms with Crippen molar-refractivity contribution < 1.29 is 24.3 Å². The summed E-state index contributed by atoms with van der Waals surface area (Å²) in [7, 11) is 1.55. The van der Waals surface area contributed by atoms with Gasteiger partial charge in [-0.1, -0.05) is 76.6 Å². The number of nitrogens with two attached hydrogens (primary N) is 1. The van der Waals surface area contributed by atoms with Crippen molar-refractivity contribution in [2.75, 3.05) is 12.4 Å². The zero-order chi connectivity index (χ0) is 27.7. The maximum atomic E-state index is 13.6. The van der Waals surface area contributed by atoms with Crippen LogP contribution in [0.25, 0.3) is 0 Å². The van der Waals surface area contributed by atoms with E-state index in [0.717, 1.165) is 5.56 Å². The van der Waals surface area contributed by atoms with Gasteiger partial charge in [-0.3, -0.25) is 14.4 Å². The first-order valence-electron chi connectivity index (χ1n) is 12.5. The highest BCUT2D eigenvalue weighted by molar-refractivity contribution is 6.03. The van der Waals surface area contributed by atoms with E-state index in [-0.39, 0.29) is 35.4 Å². The van der Waals surface area contributed by atoms with Gasteiger partial charge in [0.15, 0.2) is 0 Å². The normalized spacial score (nSPS) is 14.2. The van der Waals surface area contributed by atoms with Crippen molar-refractivity contribution in [2.45, 2.75) is 58.7 Å². The molecule has 0 bridgehead atoms. The molecule has 0 unspecified atom stereocenters. The molecule has 0 saturated carbocycles. The van der Waals surface area contributed by atoms with Gasteiger partial charge in [0.2, 0.25) is 17.7 Å². The Bertz CT molecular complexity index is 1090. The number of amides is 3. The molecule has 0 aliphatic heterocycles. The summed E-state index contributed by atoms with van der Waals surface area (Å²) in [5.41, 5.74) is 7.11. The molecule has 0 aromatic heterocycles. The third kappa shape index (κ3) is 7.88. The molecule has 200 valence electrons. The molecule has 0 saturated heterocycles. The van der Waals surface area contributed by atoms with Crippen LogP contribution in [0.4, 0.5) is 5.69 Å². The smallest absolute Gasteiger partial charge is 0.337 e. The minimum absolute atomic E-state index is 0.0593. The standard InChI is InChI=1S/C28H38N4O5/c1-6-18(4)23(29)27(35)32(5)22(16-19-12-8-7-9-13-19)25(33)31-24(17(2)3)26(34)30-21-15-11-10-14-20(21)28(36)37/h7-15,17-18,22-24H,6,16,29H2,1-5H3,(H,30,34)(H,31,33)(H,36,37)/t18-,22-,23+,24+/m1/s1. The van der Waals surface area contributed by atoms with E-state index < -0.39 is 35.9 Å². The highest BCUT2D eigenvalue weighted by atomic mass is 16.4. The molecule has 0 radical (unpaired) electrons. The van der Waals surface area contributed by atoms with Crippen LogP contribution in [0.1, 0.15) is 50.0 Å². The lowest BCUT2D eigenvalue weighted by molar-refractivity contribution is -0.141. The summed E-state index contributed by atoms with van der Waals surface area (Å²) >= 11 is 0. The third-order valence-electron chi connectivity index (χ3n) is 6.59. The summed E-state index contributed by atoms with van der Waals surface area (Å²) in [5, 5.41) is 14.8. The largest absolute Gasteiger partial charge is 0.478 e. The van der Waals surface area contributed by atoms with Gasteiger partial charge in [-0.05, 0) is 29.5 Å². The van der Waals surface area contributed by atoms with Crippen molar-refractivity contribution in [3.8, 4) is 0 Å². The molecule has 2 aromatic rings. The van der Waals surface area contributed by atoms with Crippen LogP contribution in [0.2, 0.25) is 0 Å². The van der Waals surface area contributed by atoms with Gasteiger partial charge in [-0.15, -0.1) is 0 Å². The minimum atomic E-state index is -1.18. The molecule has 4 atom stereocenters. The fraction of sp³-hybridized carbons (Fsp3) is 0.429. The van der Waals surface area contributed by atoms with Gasteiger partial charge in [0.25, 0.3) is 0 Å². The van der Waals surface area contributed by atoms with Gasteiger partial charge < -0.3 is 26.4 Å². The number of carbonyl (C=O) groups is 4.